The third-order valence-corrected chi connectivity index (χ3v) is 2.93. The van der Waals surface area contributed by atoms with E-state index in [1.54, 1.807) is 34.6 Å². The minimum Gasteiger partial charge on any atom is -0.442 e. The number of Topliss-reactive ketones (excluding diaryl/α,β-unsaturated/α-hetero) is 1. The summed E-state index contributed by atoms with van der Waals surface area (Å²) in [6.07, 6.45) is 0.690. The molecule has 0 aromatic heterocycles. The zero-order chi connectivity index (χ0) is 15.3. The van der Waals surface area contributed by atoms with Gasteiger partial charge in [0.2, 0.25) is 0 Å². The van der Waals surface area contributed by atoms with Crippen LogP contribution in [0.3, 0.4) is 0 Å². The lowest BCUT2D eigenvalue weighted by Crippen LogP contribution is -2.27. The standard InChI is InChI=1S/C15H25NO4/c1-10(2)13(17)12(8-11-6-7-19-9-11)16-14(18)20-15(3,4)5/h10-11H,6-9H2,1-5H3/t11-/m1/s1. The van der Waals surface area contributed by atoms with Gasteiger partial charge in [0.1, 0.15) is 5.60 Å². The molecule has 0 unspecified atom stereocenters. The maximum Gasteiger partial charge on any atom is 0.434 e. The number of ether oxygens (including phenoxy) is 2. The molecule has 1 aliphatic heterocycles. The number of carbonyl (C=O) groups excluding carboxylic acids is 2. The van der Waals surface area contributed by atoms with Gasteiger partial charge in [-0.05, 0) is 39.5 Å². The normalized spacial score (nSPS) is 20.3. The fourth-order valence-corrected chi connectivity index (χ4v) is 1.95. The van der Waals surface area contributed by atoms with Crippen LogP contribution in [0.1, 0.15) is 47.5 Å². The minimum absolute atomic E-state index is 0.0947. The average Bonchev–Trinajstić information content (AvgIpc) is 2.77. The SMILES string of the molecule is CC(C)C(=O)C(C[C@H]1CCOC1)=NC(=O)OC(C)(C)C. The Balaban J connectivity index is 2.80. The topological polar surface area (TPSA) is 65.0 Å². The van der Waals surface area contributed by atoms with Gasteiger partial charge in [0, 0.05) is 19.1 Å². The maximum atomic E-state index is 12.2. The van der Waals surface area contributed by atoms with Crippen molar-refractivity contribution in [1.82, 2.24) is 0 Å². The summed E-state index contributed by atoms with van der Waals surface area (Å²) in [6.45, 7) is 10.3. The van der Waals surface area contributed by atoms with Crippen molar-refractivity contribution in [2.75, 3.05) is 13.2 Å². The van der Waals surface area contributed by atoms with E-state index < -0.39 is 11.7 Å². The van der Waals surface area contributed by atoms with E-state index in [1.165, 1.54) is 0 Å². The van der Waals surface area contributed by atoms with Crippen LogP contribution in [0.2, 0.25) is 0 Å². The van der Waals surface area contributed by atoms with E-state index in [2.05, 4.69) is 4.99 Å². The molecule has 0 aromatic carbocycles. The van der Waals surface area contributed by atoms with E-state index in [-0.39, 0.29) is 17.6 Å². The average molecular weight is 283 g/mol. The first-order valence-corrected chi connectivity index (χ1v) is 7.11. The lowest BCUT2D eigenvalue weighted by Gasteiger charge is -2.18. The van der Waals surface area contributed by atoms with Crippen LogP contribution in [-0.4, -0.2) is 36.4 Å². The molecule has 0 aliphatic carbocycles. The van der Waals surface area contributed by atoms with Crippen molar-refractivity contribution in [2.24, 2.45) is 16.8 Å². The van der Waals surface area contributed by atoms with E-state index in [0.29, 0.717) is 25.3 Å². The molecular formula is C15H25NO4. The summed E-state index contributed by atoms with van der Waals surface area (Å²) in [5.41, 5.74) is -0.298. The Bertz CT molecular complexity index is 387. The zero-order valence-corrected chi connectivity index (χ0v) is 13.1. The fraction of sp³-hybridized carbons (Fsp3) is 0.800. The van der Waals surface area contributed by atoms with Gasteiger partial charge in [-0.2, -0.15) is 4.99 Å². The van der Waals surface area contributed by atoms with Crippen molar-refractivity contribution in [3.63, 3.8) is 0 Å². The van der Waals surface area contributed by atoms with Gasteiger partial charge in [-0.1, -0.05) is 13.8 Å². The Morgan fingerprint density at radius 2 is 2.00 bits per heavy atom. The second-order valence-corrected chi connectivity index (χ2v) is 6.49. The van der Waals surface area contributed by atoms with Gasteiger partial charge in [-0.15, -0.1) is 0 Å². The molecule has 1 aliphatic rings. The van der Waals surface area contributed by atoms with E-state index in [4.69, 9.17) is 9.47 Å². The molecule has 0 N–H and O–H groups in total. The summed E-state index contributed by atoms with van der Waals surface area (Å²) in [4.78, 5) is 27.8. The molecule has 5 heteroatoms. The van der Waals surface area contributed by atoms with Crippen molar-refractivity contribution in [1.29, 1.82) is 0 Å². The third kappa shape index (κ3) is 5.82. The molecule has 1 fully saturated rings. The van der Waals surface area contributed by atoms with Crippen molar-refractivity contribution in [2.45, 2.75) is 53.1 Å². The van der Waals surface area contributed by atoms with Crippen LogP contribution in [0, 0.1) is 11.8 Å². The van der Waals surface area contributed by atoms with E-state index in [0.717, 1.165) is 6.42 Å². The number of aliphatic imine (C=N–C) groups is 1. The van der Waals surface area contributed by atoms with Gasteiger partial charge in [-0.3, -0.25) is 4.79 Å². The molecule has 1 heterocycles. The van der Waals surface area contributed by atoms with Crippen LogP contribution < -0.4 is 0 Å². The first-order valence-electron chi connectivity index (χ1n) is 7.11. The molecule has 1 atom stereocenters. The largest absolute Gasteiger partial charge is 0.442 e. The first kappa shape index (κ1) is 16.8. The summed E-state index contributed by atoms with van der Waals surface area (Å²) in [5, 5.41) is 0. The maximum absolute atomic E-state index is 12.2. The molecular weight excluding hydrogens is 258 g/mol. The molecule has 0 saturated carbocycles. The summed E-state index contributed by atoms with van der Waals surface area (Å²) < 4.78 is 10.5. The summed E-state index contributed by atoms with van der Waals surface area (Å²) in [6, 6.07) is 0. The Morgan fingerprint density at radius 3 is 2.45 bits per heavy atom. The molecule has 5 nitrogen and oxygen atoms in total. The Kier molecular flexibility index (Phi) is 5.87. The Morgan fingerprint density at radius 1 is 1.35 bits per heavy atom. The second-order valence-electron chi connectivity index (χ2n) is 6.49. The molecule has 0 radical (unpaired) electrons. The summed E-state index contributed by atoms with van der Waals surface area (Å²) >= 11 is 0. The highest BCUT2D eigenvalue weighted by Gasteiger charge is 2.25. The van der Waals surface area contributed by atoms with Crippen molar-refractivity contribution >= 4 is 17.6 Å². The number of hydrogen-bond donors (Lipinski definition) is 0. The Labute approximate surface area is 120 Å². The van der Waals surface area contributed by atoms with Crippen LogP contribution >= 0.6 is 0 Å². The molecule has 0 aromatic rings. The van der Waals surface area contributed by atoms with Gasteiger partial charge in [0.25, 0.3) is 0 Å². The quantitative estimate of drug-likeness (QED) is 0.744. The van der Waals surface area contributed by atoms with Crippen molar-refractivity contribution in [3.8, 4) is 0 Å². The zero-order valence-electron chi connectivity index (χ0n) is 13.1. The highest BCUT2D eigenvalue weighted by Crippen LogP contribution is 2.19. The molecule has 1 amide bonds. The van der Waals surface area contributed by atoms with E-state index in [9.17, 15) is 9.59 Å². The fourth-order valence-electron chi connectivity index (χ4n) is 1.95. The predicted molar refractivity (Wildman–Crippen MR) is 77.1 cm³/mol. The second kappa shape index (κ2) is 6.97. The lowest BCUT2D eigenvalue weighted by atomic mass is 9.95. The number of amides is 1. The lowest BCUT2D eigenvalue weighted by molar-refractivity contribution is -0.115. The van der Waals surface area contributed by atoms with E-state index in [1.807, 2.05) is 0 Å². The van der Waals surface area contributed by atoms with Crippen molar-refractivity contribution in [3.05, 3.63) is 0 Å². The molecule has 0 spiro atoms. The predicted octanol–water partition coefficient (Wildman–Crippen LogP) is 3.01. The first-order chi connectivity index (χ1) is 9.19. The molecule has 114 valence electrons. The summed E-state index contributed by atoms with van der Waals surface area (Å²) in [7, 11) is 0. The van der Waals surface area contributed by atoms with Crippen LogP contribution in [-0.2, 0) is 14.3 Å². The smallest absolute Gasteiger partial charge is 0.434 e. The number of rotatable bonds is 4. The highest BCUT2D eigenvalue weighted by molar-refractivity contribution is 6.41. The van der Waals surface area contributed by atoms with Gasteiger partial charge in [0.15, 0.2) is 5.78 Å². The highest BCUT2D eigenvalue weighted by atomic mass is 16.6. The monoisotopic (exact) mass is 283 g/mol. The number of carbonyl (C=O) groups is 2. The molecule has 1 saturated heterocycles. The van der Waals surface area contributed by atoms with Crippen LogP contribution in [0.25, 0.3) is 0 Å². The molecule has 0 bridgehead atoms. The number of ketones is 1. The Hall–Kier alpha value is -1.23. The minimum atomic E-state index is -0.694. The van der Waals surface area contributed by atoms with Gasteiger partial charge in [-0.25, -0.2) is 4.79 Å². The van der Waals surface area contributed by atoms with Crippen LogP contribution in [0.5, 0.6) is 0 Å². The number of nitrogens with zero attached hydrogens (tertiary/aromatic N) is 1. The molecule has 1 rings (SSSR count). The van der Waals surface area contributed by atoms with E-state index >= 15 is 0 Å². The van der Waals surface area contributed by atoms with Gasteiger partial charge >= 0.3 is 6.09 Å². The van der Waals surface area contributed by atoms with Gasteiger partial charge < -0.3 is 9.47 Å². The third-order valence-electron chi connectivity index (χ3n) is 2.93. The number of hydrogen-bond acceptors (Lipinski definition) is 4. The summed E-state index contributed by atoms with van der Waals surface area (Å²) in [5.74, 6) is -0.0137. The van der Waals surface area contributed by atoms with Gasteiger partial charge in [0.05, 0.1) is 5.71 Å². The van der Waals surface area contributed by atoms with Crippen LogP contribution in [0.4, 0.5) is 4.79 Å². The molecule has 20 heavy (non-hydrogen) atoms. The van der Waals surface area contributed by atoms with Crippen LogP contribution in [0.15, 0.2) is 4.99 Å². The van der Waals surface area contributed by atoms with Crippen molar-refractivity contribution < 1.29 is 19.1 Å².